The molecule has 1 aromatic heterocycles. The average Bonchev–Trinajstić information content (AvgIpc) is 2.55. The fourth-order valence-corrected chi connectivity index (χ4v) is 2.71. The molecule has 2 rings (SSSR count). The molecular formula is C15H14N4O4S. The Morgan fingerprint density at radius 2 is 1.96 bits per heavy atom. The Kier molecular flexibility index (Phi) is 4.82. The summed E-state index contributed by atoms with van der Waals surface area (Å²) < 4.78 is 25.5. The molecule has 0 amide bonds. The van der Waals surface area contributed by atoms with Crippen molar-refractivity contribution in [3.8, 4) is 11.9 Å². The first-order valence-corrected chi connectivity index (χ1v) is 8.22. The van der Waals surface area contributed by atoms with Crippen LogP contribution in [-0.4, -0.2) is 31.8 Å². The fraction of sp³-hybridized carbons (Fsp3) is 0.133. The Labute approximate surface area is 138 Å². The van der Waals surface area contributed by atoms with Gasteiger partial charge in [0.15, 0.2) is 0 Å². The van der Waals surface area contributed by atoms with Crippen molar-refractivity contribution in [3.05, 3.63) is 51.3 Å². The number of nitrogens with one attached hydrogen (secondary N) is 2. The zero-order valence-corrected chi connectivity index (χ0v) is 13.7. The number of pyridine rings is 1. The van der Waals surface area contributed by atoms with Gasteiger partial charge in [0.25, 0.3) is 5.56 Å². The van der Waals surface area contributed by atoms with E-state index in [1.54, 1.807) is 6.07 Å². The van der Waals surface area contributed by atoms with Gasteiger partial charge in [-0.15, -0.1) is 0 Å². The Morgan fingerprint density at radius 3 is 2.50 bits per heavy atom. The van der Waals surface area contributed by atoms with E-state index in [1.165, 1.54) is 44.5 Å². The number of rotatable bonds is 4. The first-order chi connectivity index (χ1) is 11.3. The summed E-state index contributed by atoms with van der Waals surface area (Å²) in [5.41, 5.74) is 0.166. The third kappa shape index (κ3) is 3.34. The fourth-order valence-electron chi connectivity index (χ4n) is 1.98. The van der Waals surface area contributed by atoms with Crippen molar-refractivity contribution in [1.82, 2.24) is 9.71 Å². The van der Waals surface area contributed by atoms with Gasteiger partial charge < -0.3 is 5.11 Å². The largest absolute Gasteiger partial charge is 0.494 e. The van der Waals surface area contributed by atoms with E-state index in [1.807, 2.05) is 0 Å². The lowest BCUT2D eigenvalue weighted by Gasteiger charge is -2.05. The lowest BCUT2D eigenvalue weighted by molar-refractivity contribution is 0.450. The molecule has 0 spiro atoms. The van der Waals surface area contributed by atoms with Crippen molar-refractivity contribution >= 4 is 21.9 Å². The van der Waals surface area contributed by atoms with Crippen LogP contribution < -0.4 is 10.3 Å². The summed E-state index contributed by atoms with van der Waals surface area (Å²) in [5.74, 6) is -0.394. The molecule has 0 saturated carbocycles. The van der Waals surface area contributed by atoms with Crippen molar-refractivity contribution in [2.75, 3.05) is 7.05 Å². The number of nitriles is 1. The second-order valence-corrected chi connectivity index (χ2v) is 6.67. The Bertz CT molecular complexity index is 999. The summed E-state index contributed by atoms with van der Waals surface area (Å²) in [6.45, 7) is 1.53. The lowest BCUT2D eigenvalue weighted by atomic mass is 10.1. The number of nitrogens with zero attached hydrogens (tertiary/aromatic N) is 2. The molecule has 0 bridgehead atoms. The Balaban J connectivity index is 2.40. The van der Waals surface area contributed by atoms with Crippen LogP contribution in [0, 0.1) is 18.3 Å². The third-order valence-electron chi connectivity index (χ3n) is 3.36. The van der Waals surface area contributed by atoms with Crippen LogP contribution in [0.3, 0.4) is 0 Å². The van der Waals surface area contributed by atoms with Gasteiger partial charge in [0.05, 0.1) is 16.1 Å². The maximum Gasteiger partial charge on any atom is 0.268 e. The van der Waals surface area contributed by atoms with Gasteiger partial charge in [-0.2, -0.15) is 5.26 Å². The topological polar surface area (TPSA) is 135 Å². The third-order valence-corrected chi connectivity index (χ3v) is 4.79. The molecule has 3 N–H and O–H groups in total. The van der Waals surface area contributed by atoms with E-state index in [9.17, 15) is 18.3 Å². The predicted molar refractivity (Wildman–Crippen MR) is 88.1 cm³/mol. The maximum atomic E-state index is 11.6. The summed E-state index contributed by atoms with van der Waals surface area (Å²) in [4.78, 5) is 17.9. The van der Waals surface area contributed by atoms with Gasteiger partial charge in [0, 0.05) is 6.21 Å². The minimum atomic E-state index is -3.53. The van der Waals surface area contributed by atoms with Crippen LogP contribution in [0.4, 0.5) is 5.69 Å². The standard InChI is InChI=1S/C15H14N4O4S/c1-9-12(7-16)14(20)19-15(21)13(9)8-18-10-3-5-11(6-4-10)24(22,23)17-2/h3-6,8,17H,1-2H3,(H2,19,20,21). The van der Waals surface area contributed by atoms with E-state index < -0.39 is 21.5 Å². The average molecular weight is 346 g/mol. The van der Waals surface area contributed by atoms with E-state index in [2.05, 4.69) is 14.7 Å². The first kappa shape index (κ1) is 17.4. The zero-order valence-electron chi connectivity index (χ0n) is 12.9. The molecule has 0 saturated heterocycles. The van der Waals surface area contributed by atoms with Crippen LogP contribution in [0.15, 0.2) is 38.9 Å². The minimum Gasteiger partial charge on any atom is -0.494 e. The summed E-state index contributed by atoms with van der Waals surface area (Å²) in [7, 11) is -2.21. The number of H-pyrrole nitrogens is 1. The molecule has 24 heavy (non-hydrogen) atoms. The van der Waals surface area contributed by atoms with Gasteiger partial charge in [-0.1, -0.05) is 0 Å². The summed E-state index contributed by atoms with van der Waals surface area (Å²) >= 11 is 0. The monoisotopic (exact) mass is 346 g/mol. The molecular weight excluding hydrogens is 332 g/mol. The molecule has 0 atom stereocenters. The highest BCUT2D eigenvalue weighted by molar-refractivity contribution is 7.89. The molecule has 0 unspecified atom stereocenters. The van der Waals surface area contributed by atoms with Gasteiger partial charge in [-0.25, -0.2) is 13.1 Å². The van der Waals surface area contributed by atoms with Crippen molar-refractivity contribution < 1.29 is 13.5 Å². The molecule has 0 aliphatic heterocycles. The van der Waals surface area contributed by atoms with Crippen molar-refractivity contribution in [2.45, 2.75) is 11.8 Å². The smallest absolute Gasteiger partial charge is 0.268 e. The SMILES string of the molecule is CNS(=O)(=O)c1ccc(N=Cc2c(O)[nH]c(=O)c(C#N)c2C)cc1. The predicted octanol–water partition coefficient (Wildman–Crippen LogP) is 0.919. The maximum absolute atomic E-state index is 11.6. The van der Waals surface area contributed by atoms with E-state index >= 15 is 0 Å². The van der Waals surface area contributed by atoms with Crippen LogP contribution in [0.2, 0.25) is 0 Å². The lowest BCUT2D eigenvalue weighted by Crippen LogP contribution is -2.18. The molecule has 9 heteroatoms. The van der Waals surface area contributed by atoms with Crippen LogP contribution >= 0.6 is 0 Å². The molecule has 0 radical (unpaired) electrons. The number of aromatic amines is 1. The zero-order chi connectivity index (χ0) is 17.9. The van der Waals surface area contributed by atoms with Gasteiger partial charge in [-0.3, -0.25) is 14.8 Å². The number of sulfonamides is 1. The van der Waals surface area contributed by atoms with Gasteiger partial charge in [0.2, 0.25) is 15.9 Å². The van der Waals surface area contributed by atoms with E-state index in [0.29, 0.717) is 11.3 Å². The number of aromatic hydroxyl groups is 1. The van der Waals surface area contributed by atoms with Gasteiger partial charge in [-0.05, 0) is 43.8 Å². The van der Waals surface area contributed by atoms with Gasteiger partial charge >= 0.3 is 0 Å². The number of benzene rings is 1. The molecule has 2 aromatic rings. The highest BCUT2D eigenvalue weighted by Crippen LogP contribution is 2.20. The van der Waals surface area contributed by atoms with Crippen LogP contribution in [-0.2, 0) is 10.0 Å². The van der Waals surface area contributed by atoms with Gasteiger partial charge in [0.1, 0.15) is 11.6 Å². The second-order valence-electron chi connectivity index (χ2n) is 4.79. The van der Waals surface area contributed by atoms with Crippen LogP contribution in [0.1, 0.15) is 16.7 Å². The number of hydrogen-bond acceptors (Lipinski definition) is 6. The summed E-state index contributed by atoms with van der Waals surface area (Å²) in [6.07, 6.45) is 1.29. The normalized spacial score (nSPS) is 11.5. The highest BCUT2D eigenvalue weighted by atomic mass is 32.2. The van der Waals surface area contributed by atoms with Crippen molar-refractivity contribution in [2.24, 2.45) is 4.99 Å². The highest BCUT2D eigenvalue weighted by Gasteiger charge is 2.13. The number of aliphatic imine (C=N–C) groups is 1. The molecule has 1 heterocycles. The van der Waals surface area contributed by atoms with E-state index in [0.717, 1.165) is 0 Å². The van der Waals surface area contributed by atoms with E-state index in [-0.39, 0.29) is 16.0 Å². The quantitative estimate of drug-likeness (QED) is 0.707. The molecule has 0 fully saturated rings. The van der Waals surface area contributed by atoms with Crippen molar-refractivity contribution in [3.63, 3.8) is 0 Å². The number of hydrogen-bond donors (Lipinski definition) is 3. The molecule has 0 aliphatic carbocycles. The second kappa shape index (κ2) is 6.66. The summed E-state index contributed by atoms with van der Waals surface area (Å²) in [6, 6.07) is 7.53. The Morgan fingerprint density at radius 1 is 1.33 bits per heavy atom. The molecule has 8 nitrogen and oxygen atoms in total. The molecule has 0 aliphatic rings. The van der Waals surface area contributed by atoms with Crippen LogP contribution in [0.5, 0.6) is 5.88 Å². The van der Waals surface area contributed by atoms with Crippen molar-refractivity contribution in [1.29, 1.82) is 5.26 Å². The minimum absolute atomic E-state index is 0.0961. The van der Waals surface area contributed by atoms with Crippen LogP contribution in [0.25, 0.3) is 0 Å². The Hall–Kier alpha value is -2.96. The molecule has 1 aromatic carbocycles. The first-order valence-electron chi connectivity index (χ1n) is 6.73. The summed E-state index contributed by atoms with van der Waals surface area (Å²) in [5, 5.41) is 18.8. The van der Waals surface area contributed by atoms with E-state index in [4.69, 9.17) is 5.26 Å². The molecule has 124 valence electrons. The number of aromatic nitrogens is 1.